The molecule has 182 valence electrons. The minimum atomic E-state index is -3.93. The molecule has 0 aliphatic heterocycles. The van der Waals surface area contributed by atoms with Gasteiger partial charge in [-0.1, -0.05) is 18.2 Å². The highest BCUT2D eigenvalue weighted by Crippen LogP contribution is 2.27. The van der Waals surface area contributed by atoms with Crippen LogP contribution in [0, 0.1) is 13.8 Å². The first-order valence-corrected chi connectivity index (χ1v) is 12.6. The summed E-state index contributed by atoms with van der Waals surface area (Å²) in [5.74, 6) is -1.03. The number of carbonyl (C=O) groups excluding carboxylic acids is 3. The lowest BCUT2D eigenvalue weighted by atomic mass is 10.1. The van der Waals surface area contributed by atoms with Crippen molar-refractivity contribution in [3.63, 3.8) is 0 Å². The molecule has 0 radical (unpaired) electrons. The lowest BCUT2D eigenvalue weighted by molar-refractivity contribution is -0.119. The maximum atomic E-state index is 12.6. The van der Waals surface area contributed by atoms with Crippen LogP contribution in [-0.2, 0) is 24.4 Å². The Balaban J connectivity index is 1.52. The van der Waals surface area contributed by atoms with Crippen LogP contribution in [0.3, 0.4) is 0 Å². The van der Waals surface area contributed by atoms with Crippen molar-refractivity contribution in [3.05, 3.63) is 53.6 Å². The third-order valence-corrected chi connectivity index (χ3v) is 6.96. The van der Waals surface area contributed by atoms with Gasteiger partial charge in [0.15, 0.2) is 0 Å². The van der Waals surface area contributed by atoms with Crippen LogP contribution in [0.4, 0.5) is 11.4 Å². The molecule has 1 aliphatic carbocycles. The van der Waals surface area contributed by atoms with E-state index in [2.05, 4.69) is 10.6 Å². The topological polar surface area (TPSA) is 125 Å². The van der Waals surface area contributed by atoms with E-state index in [0.717, 1.165) is 36.6 Å². The fourth-order valence-corrected chi connectivity index (χ4v) is 4.63. The van der Waals surface area contributed by atoms with Crippen molar-refractivity contribution >= 4 is 39.1 Å². The molecule has 0 spiro atoms. The van der Waals surface area contributed by atoms with Gasteiger partial charge in [0.05, 0.1) is 11.4 Å². The minimum Gasteiger partial charge on any atom is -0.326 e. The van der Waals surface area contributed by atoms with Gasteiger partial charge in [-0.2, -0.15) is 0 Å². The molecule has 3 rings (SSSR count). The first-order chi connectivity index (χ1) is 16.0. The van der Waals surface area contributed by atoms with Crippen molar-refractivity contribution in [2.45, 2.75) is 51.0 Å². The second-order valence-electron chi connectivity index (χ2n) is 8.50. The van der Waals surface area contributed by atoms with E-state index in [4.69, 9.17) is 0 Å². The molecule has 3 N–H and O–H groups in total. The van der Waals surface area contributed by atoms with Crippen LogP contribution < -0.4 is 15.4 Å². The zero-order chi connectivity index (χ0) is 24.9. The maximum Gasteiger partial charge on any atom is 0.264 e. The number of anilines is 2. The van der Waals surface area contributed by atoms with Gasteiger partial charge in [0.25, 0.3) is 10.0 Å². The molecule has 10 heteroatoms. The molecular formula is C24H30N4O5S. The fourth-order valence-electron chi connectivity index (χ4n) is 3.64. The van der Waals surface area contributed by atoms with E-state index < -0.39 is 15.9 Å². The van der Waals surface area contributed by atoms with Crippen LogP contribution in [0.15, 0.2) is 47.4 Å². The normalized spacial score (nSPS) is 13.4. The van der Waals surface area contributed by atoms with Crippen LogP contribution in [0.1, 0.15) is 37.3 Å². The molecule has 2 aromatic rings. The molecule has 0 saturated heterocycles. The number of nitrogens with zero attached hydrogens (tertiary/aromatic N) is 1. The number of benzene rings is 2. The third-order valence-electron chi connectivity index (χ3n) is 5.51. The summed E-state index contributed by atoms with van der Waals surface area (Å²) in [5.41, 5.74) is 3.27. The Morgan fingerprint density at radius 1 is 0.941 bits per heavy atom. The first kappa shape index (κ1) is 25.4. The summed E-state index contributed by atoms with van der Waals surface area (Å²) in [6.07, 6.45) is 2.20. The Hall–Kier alpha value is -3.24. The molecule has 0 unspecified atom stereocenters. The molecule has 0 heterocycles. The monoisotopic (exact) mass is 486 g/mol. The van der Waals surface area contributed by atoms with E-state index in [1.54, 1.807) is 0 Å². The average Bonchev–Trinajstić information content (AvgIpc) is 3.59. The van der Waals surface area contributed by atoms with Crippen LogP contribution >= 0.6 is 0 Å². The zero-order valence-corrected chi connectivity index (χ0v) is 20.4. The molecule has 1 saturated carbocycles. The number of hydrogen-bond acceptors (Lipinski definition) is 6. The molecule has 2 aromatic carbocycles. The van der Waals surface area contributed by atoms with E-state index in [1.165, 1.54) is 24.3 Å². The number of aryl methyl sites for hydroxylation is 2. The number of para-hydroxylation sites is 1. The SMILES string of the molecule is CC(=O)NS(=O)(=O)c1ccc(NC(=O)CCN(CC(=O)Nc2c(C)cccc2C)C2CC2)cc1. The van der Waals surface area contributed by atoms with Crippen LogP contribution in [-0.4, -0.2) is 50.2 Å². The molecule has 0 atom stereocenters. The van der Waals surface area contributed by atoms with Gasteiger partial charge in [-0.15, -0.1) is 0 Å². The quantitative estimate of drug-likeness (QED) is 0.474. The number of hydrogen-bond donors (Lipinski definition) is 3. The van der Waals surface area contributed by atoms with E-state index in [-0.39, 0.29) is 29.7 Å². The lowest BCUT2D eigenvalue weighted by Crippen LogP contribution is -2.37. The van der Waals surface area contributed by atoms with Crippen LogP contribution in [0.25, 0.3) is 0 Å². The average molecular weight is 487 g/mol. The van der Waals surface area contributed by atoms with Gasteiger partial charge in [0, 0.05) is 37.3 Å². The highest BCUT2D eigenvalue weighted by atomic mass is 32.2. The highest BCUT2D eigenvalue weighted by Gasteiger charge is 2.30. The Bertz CT molecular complexity index is 1150. The molecule has 1 aliphatic rings. The summed E-state index contributed by atoms with van der Waals surface area (Å²) < 4.78 is 25.9. The van der Waals surface area contributed by atoms with Crippen molar-refractivity contribution in [1.82, 2.24) is 9.62 Å². The van der Waals surface area contributed by atoms with Gasteiger partial charge in [-0.3, -0.25) is 19.3 Å². The summed E-state index contributed by atoms with van der Waals surface area (Å²) in [7, 11) is -3.93. The predicted octanol–water partition coefficient (Wildman–Crippen LogP) is 2.56. The summed E-state index contributed by atoms with van der Waals surface area (Å²) in [4.78, 5) is 38.1. The number of sulfonamides is 1. The first-order valence-electron chi connectivity index (χ1n) is 11.1. The van der Waals surface area contributed by atoms with Gasteiger partial charge in [0.2, 0.25) is 17.7 Å². The van der Waals surface area contributed by atoms with Crippen molar-refractivity contribution in [1.29, 1.82) is 0 Å². The summed E-state index contributed by atoms with van der Waals surface area (Å²) in [6.45, 7) is 5.67. The lowest BCUT2D eigenvalue weighted by Gasteiger charge is -2.22. The predicted molar refractivity (Wildman–Crippen MR) is 130 cm³/mol. The fraction of sp³-hybridized carbons (Fsp3) is 0.375. The molecule has 0 aromatic heterocycles. The maximum absolute atomic E-state index is 12.6. The van der Waals surface area contributed by atoms with Crippen molar-refractivity contribution < 1.29 is 22.8 Å². The van der Waals surface area contributed by atoms with Gasteiger partial charge in [-0.05, 0) is 62.1 Å². The number of amides is 3. The molecule has 9 nitrogen and oxygen atoms in total. The molecule has 0 bridgehead atoms. The van der Waals surface area contributed by atoms with Crippen LogP contribution in [0.2, 0.25) is 0 Å². The van der Waals surface area contributed by atoms with E-state index in [1.807, 2.05) is 41.7 Å². The largest absolute Gasteiger partial charge is 0.326 e. The molecule has 1 fully saturated rings. The third kappa shape index (κ3) is 7.13. The molecule has 34 heavy (non-hydrogen) atoms. The molecular weight excluding hydrogens is 456 g/mol. The summed E-state index contributed by atoms with van der Waals surface area (Å²) in [5, 5.41) is 5.73. The Morgan fingerprint density at radius 2 is 1.56 bits per heavy atom. The van der Waals surface area contributed by atoms with Gasteiger partial charge in [0.1, 0.15) is 0 Å². The van der Waals surface area contributed by atoms with E-state index in [9.17, 15) is 22.8 Å². The second-order valence-corrected chi connectivity index (χ2v) is 10.2. The van der Waals surface area contributed by atoms with Crippen molar-refractivity contribution in [2.24, 2.45) is 0 Å². The summed E-state index contributed by atoms with van der Waals surface area (Å²) >= 11 is 0. The highest BCUT2D eigenvalue weighted by molar-refractivity contribution is 7.90. The molecule has 3 amide bonds. The summed E-state index contributed by atoms with van der Waals surface area (Å²) in [6, 6.07) is 11.7. The van der Waals surface area contributed by atoms with E-state index in [0.29, 0.717) is 18.3 Å². The number of nitrogens with one attached hydrogen (secondary N) is 3. The number of carbonyl (C=O) groups is 3. The van der Waals surface area contributed by atoms with Crippen LogP contribution in [0.5, 0.6) is 0 Å². The van der Waals surface area contributed by atoms with E-state index >= 15 is 0 Å². The second kappa shape index (κ2) is 10.8. The van der Waals surface area contributed by atoms with Crippen molar-refractivity contribution in [2.75, 3.05) is 23.7 Å². The Morgan fingerprint density at radius 3 is 2.12 bits per heavy atom. The Labute approximate surface area is 200 Å². The van der Waals surface area contributed by atoms with Gasteiger partial charge in [-0.25, -0.2) is 13.1 Å². The minimum absolute atomic E-state index is 0.0736. The van der Waals surface area contributed by atoms with Crippen molar-refractivity contribution in [3.8, 4) is 0 Å². The smallest absolute Gasteiger partial charge is 0.264 e. The standard InChI is InChI=1S/C24H30N4O5S/c1-16-5-4-6-17(2)24(16)26-23(31)15-28(20-9-10-20)14-13-22(30)25-19-7-11-21(12-8-19)34(32,33)27-18(3)29/h4-8,11-12,20H,9-10,13-15H2,1-3H3,(H,25,30)(H,26,31)(H,27,29). The Kier molecular flexibility index (Phi) is 8.06. The number of rotatable bonds is 10. The zero-order valence-electron chi connectivity index (χ0n) is 19.6. The van der Waals surface area contributed by atoms with Gasteiger partial charge < -0.3 is 10.6 Å². The van der Waals surface area contributed by atoms with Gasteiger partial charge >= 0.3 is 0 Å².